The monoisotopic (exact) mass is 443 g/mol. The number of fused-ring (bicyclic) bond motifs is 1. The molecule has 7 atom stereocenters. The van der Waals surface area contributed by atoms with E-state index in [2.05, 4.69) is 44.4 Å². The predicted molar refractivity (Wildman–Crippen MR) is 130 cm³/mol. The van der Waals surface area contributed by atoms with E-state index in [4.69, 9.17) is 4.74 Å². The van der Waals surface area contributed by atoms with Crippen LogP contribution in [0, 0.1) is 23.2 Å². The van der Waals surface area contributed by atoms with Crippen molar-refractivity contribution < 1.29 is 14.9 Å². The molecule has 4 nitrogen and oxygen atoms in total. The minimum Gasteiger partial charge on any atom is -0.388 e. The van der Waals surface area contributed by atoms with Crippen LogP contribution in [0.2, 0.25) is 0 Å². The van der Waals surface area contributed by atoms with Crippen LogP contribution in [0.25, 0.3) is 0 Å². The number of ether oxygens (including phenoxy) is 1. The maximum absolute atomic E-state index is 10.2. The second-order valence-electron chi connectivity index (χ2n) is 11.4. The van der Waals surface area contributed by atoms with E-state index in [0.717, 1.165) is 37.2 Å². The zero-order chi connectivity index (χ0) is 22.9. The first-order valence-electron chi connectivity index (χ1n) is 13.0. The Labute approximate surface area is 195 Å². The number of rotatable bonds is 5. The molecule has 1 aliphatic heterocycles. The lowest BCUT2D eigenvalue weighted by Crippen LogP contribution is -2.45. The average Bonchev–Trinajstić information content (AvgIpc) is 3.12. The molecular weight excluding hydrogens is 398 g/mol. The zero-order valence-corrected chi connectivity index (χ0v) is 20.6. The first kappa shape index (κ1) is 24.2. The third-order valence-electron chi connectivity index (χ3n) is 9.40. The van der Waals surface area contributed by atoms with Crippen molar-refractivity contribution in [1.29, 1.82) is 0 Å². The molecule has 3 aliphatic carbocycles. The summed E-state index contributed by atoms with van der Waals surface area (Å²) in [7, 11) is 0. The van der Waals surface area contributed by atoms with Gasteiger partial charge in [0.15, 0.2) is 0 Å². The largest absolute Gasteiger partial charge is 0.388 e. The van der Waals surface area contributed by atoms with Gasteiger partial charge in [0.1, 0.15) is 0 Å². The minimum atomic E-state index is -0.606. The topological polar surface area (TPSA) is 52.9 Å². The van der Waals surface area contributed by atoms with Gasteiger partial charge in [-0.15, -0.1) is 0 Å². The number of allylic oxidation sites excluding steroid dienone is 3. The van der Waals surface area contributed by atoms with Gasteiger partial charge >= 0.3 is 0 Å². The molecule has 32 heavy (non-hydrogen) atoms. The van der Waals surface area contributed by atoms with Crippen LogP contribution >= 0.6 is 0 Å². The molecule has 0 spiro atoms. The molecule has 3 saturated carbocycles. The van der Waals surface area contributed by atoms with Crippen LogP contribution in [0.1, 0.15) is 72.1 Å². The number of nitrogens with zero attached hydrogens (tertiary/aromatic N) is 1. The van der Waals surface area contributed by atoms with E-state index in [9.17, 15) is 10.2 Å². The molecule has 0 aromatic carbocycles. The molecule has 4 aliphatic rings. The van der Waals surface area contributed by atoms with Gasteiger partial charge in [-0.1, -0.05) is 43.7 Å². The molecule has 4 heteroatoms. The molecule has 0 aromatic rings. The van der Waals surface area contributed by atoms with E-state index in [-0.39, 0.29) is 0 Å². The van der Waals surface area contributed by atoms with Gasteiger partial charge in [-0.3, -0.25) is 4.90 Å². The van der Waals surface area contributed by atoms with Crippen LogP contribution in [0.3, 0.4) is 0 Å². The first-order chi connectivity index (χ1) is 15.3. The number of aliphatic hydroxyl groups is 2. The van der Waals surface area contributed by atoms with Crippen molar-refractivity contribution in [1.82, 2.24) is 4.90 Å². The van der Waals surface area contributed by atoms with Crippen molar-refractivity contribution in [3.05, 3.63) is 35.5 Å². The average molecular weight is 444 g/mol. The normalized spacial score (nSPS) is 41.0. The third-order valence-corrected chi connectivity index (χ3v) is 9.40. The summed E-state index contributed by atoms with van der Waals surface area (Å²) in [4.78, 5) is 2.62. The van der Waals surface area contributed by atoms with Crippen LogP contribution in [0.5, 0.6) is 0 Å². The predicted octanol–water partition coefficient (Wildman–Crippen LogP) is 4.87. The van der Waals surface area contributed by atoms with Crippen LogP contribution < -0.4 is 0 Å². The third kappa shape index (κ3) is 4.94. The minimum absolute atomic E-state index is 0.415. The molecule has 0 bridgehead atoms. The van der Waals surface area contributed by atoms with Gasteiger partial charge in [0.2, 0.25) is 0 Å². The van der Waals surface area contributed by atoms with Crippen molar-refractivity contribution >= 4 is 0 Å². The quantitative estimate of drug-likeness (QED) is 0.595. The Bertz CT molecular complexity index is 727. The SMILES string of the molecule is C=C1[C@H](O)CC(=CC=C2CCC[C@]3(C)[C@@H](C(C)CCN4CCOCC4C)CC[C@@H]23)C[C@H]1O. The van der Waals surface area contributed by atoms with Crippen molar-refractivity contribution in [2.75, 3.05) is 26.3 Å². The Morgan fingerprint density at radius 1 is 1.22 bits per heavy atom. The van der Waals surface area contributed by atoms with Crippen LogP contribution in [0.4, 0.5) is 0 Å². The standard InChI is InChI=1S/C28H45NO3/c1-19(11-13-29-14-15-32-18-20(29)2)24-9-10-25-23(6-5-12-28(24,25)4)8-7-22-16-26(30)21(3)27(31)17-22/h7-8,19-20,24-27,30-31H,3,5-6,9-18H2,1-2,4H3/t19?,20?,24-,25+,26-,27-,28-/m1/s1. The Morgan fingerprint density at radius 2 is 1.97 bits per heavy atom. The number of hydrogen-bond donors (Lipinski definition) is 2. The summed E-state index contributed by atoms with van der Waals surface area (Å²) in [6, 6.07) is 0.550. The maximum Gasteiger partial charge on any atom is 0.0809 e. The van der Waals surface area contributed by atoms with Crippen LogP contribution in [-0.2, 0) is 4.74 Å². The highest BCUT2D eigenvalue weighted by Crippen LogP contribution is 2.59. The zero-order valence-electron chi connectivity index (χ0n) is 20.6. The summed E-state index contributed by atoms with van der Waals surface area (Å²) in [5.74, 6) is 2.26. The highest BCUT2D eigenvalue weighted by molar-refractivity contribution is 5.29. The summed E-state index contributed by atoms with van der Waals surface area (Å²) in [6.45, 7) is 15.2. The van der Waals surface area contributed by atoms with Crippen molar-refractivity contribution in [3.8, 4) is 0 Å². The Balaban J connectivity index is 1.40. The number of morpholine rings is 1. The lowest BCUT2D eigenvalue weighted by molar-refractivity contribution is -0.00570. The molecule has 0 radical (unpaired) electrons. The van der Waals surface area contributed by atoms with Gasteiger partial charge in [-0.2, -0.15) is 0 Å². The molecule has 2 N–H and O–H groups in total. The molecule has 4 rings (SSSR count). The lowest BCUT2D eigenvalue weighted by Gasteiger charge is -2.45. The fourth-order valence-electron chi connectivity index (χ4n) is 7.30. The van der Waals surface area contributed by atoms with Gasteiger partial charge < -0.3 is 14.9 Å². The van der Waals surface area contributed by atoms with Crippen molar-refractivity contribution in [3.63, 3.8) is 0 Å². The molecule has 4 fully saturated rings. The lowest BCUT2D eigenvalue weighted by atomic mass is 9.61. The number of hydrogen-bond acceptors (Lipinski definition) is 4. The van der Waals surface area contributed by atoms with Gasteiger partial charge in [0.05, 0.1) is 25.4 Å². The van der Waals surface area contributed by atoms with E-state index >= 15 is 0 Å². The Morgan fingerprint density at radius 3 is 2.69 bits per heavy atom. The van der Waals surface area contributed by atoms with E-state index in [1.54, 1.807) is 5.57 Å². The Kier molecular flexibility index (Phi) is 7.66. The fraction of sp³-hybridized carbons (Fsp3) is 0.786. The van der Waals surface area contributed by atoms with Gasteiger partial charge in [0, 0.05) is 12.6 Å². The van der Waals surface area contributed by atoms with Crippen LogP contribution in [-0.4, -0.2) is 59.7 Å². The molecule has 180 valence electrons. The smallest absolute Gasteiger partial charge is 0.0809 e. The van der Waals surface area contributed by atoms with Crippen LogP contribution in [0.15, 0.2) is 35.5 Å². The van der Waals surface area contributed by atoms with Crippen molar-refractivity contribution in [2.24, 2.45) is 23.2 Å². The molecule has 0 amide bonds. The van der Waals surface area contributed by atoms with E-state index in [1.807, 2.05) is 0 Å². The fourth-order valence-corrected chi connectivity index (χ4v) is 7.30. The van der Waals surface area contributed by atoms with Gasteiger partial charge in [-0.25, -0.2) is 0 Å². The second-order valence-corrected chi connectivity index (χ2v) is 11.4. The maximum atomic E-state index is 10.2. The molecular formula is C28H45NO3. The van der Waals surface area contributed by atoms with E-state index in [0.29, 0.717) is 35.8 Å². The number of aliphatic hydroxyl groups excluding tert-OH is 2. The first-order valence-corrected chi connectivity index (χ1v) is 13.0. The molecule has 1 saturated heterocycles. The highest BCUT2D eigenvalue weighted by atomic mass is 16.5. The van der Waals surface area contributed by atoms with Gasteiger partial charge in [0.25, 0.3) is 0 Å². The summed E-state index contributed by atoms with van der Waals surface area (Å²) < 4.78 is 5.62. The molecule has 0 aromatic heterocycles. The molecule has 1 heterocycles. The highest BCUT2D eigenvalue weighted by Gasteiger charge is 2.50. The molecule has 2 unspecified atom stereocenters. The van der Waals surface area contributed by atoms with Gasteiger partial charge in [-0.05, 0) is 93.6 Å². The summed E-state index contributed by atoms with van der Waals surface area (Å²) in [5.41, 5.74) is 3.74. The second kappa shape index (κ2) is 10.1. The summed E-state index contributed by atoms with van der Waals surface area (Å²) >= 11 is 0. The van der Waals surface area contributed by atoms with Crippen molar-refractivity contribution in [2.45, 2.75) is 90.4 Å². The van der Waals surface area contributed by atoms with E-state index in [1.165, 1.54) is 45.1 Å². The summed E-state index contributed by atoms with van der Waals surface area (Å²) in [6.07, 6.45) is 12.4. The Hall–Kier alpha value is -0.940. The van der Waals surface area contributed by atoms with E-state index < -0.39 is 12.2 Å². The summed E-state index contributed by atoms with van der Waals surface area (Å²) in [5, 5.41) is 20.3.